The van der Waals surface area contributed by atoms with Crippen molar-refractivity contribution in [2.24, 2.45) is 5.92 Å². The lowest BCUT2D eigenvalue weighted by molar-refractivity contribution is -0.116. The van der Waals surface area contributed by atoms with Crippen molar-refractivity contribution in [3.05, 3.63) is 28.8 Å². The van der Waals surface area contributed by atoms with Crippen molar-refractivity contribution in [3.63, 3.8) is 0 Å². The molecule has 1 amide bonds. The maximum Gasteiger partial charge on any atom is 0.335 e. The van der Waals surface area contributed by atoms with E-state index in [0.29, 0.717) is 12.1 Å². The predicted octanol–water partition coefficient (Wildman–Crippen LogP) is 3.02. The number of aromatic carboxylic acids is 1. The summed E-state index contributed by atoms with van der Waals surface area (Å²) in [5, 5.41) is 11.6. The van der Waals surface area contributed by atoms with Gasteiger partial charge in [-0.15, -0.1) is 0 Å². The minimum atomic E-state index is -1.05. The Hall–Kier alpha value is -1.55. The Morgan fingerprint density at radius 1 is 1.41 bits per heavy atom. The number of nitrogens with one attached hydrogen (secondary N) is 1. The van der Waals surface area contributed by atoms with Crippen LogP contribution < -0.4 is 5.32 Å². The minimum Gasteiger partial charge on any atom is -0.478 e. The van der Waals surface area contributed by atoms with Gasteiger partial charge in [0.1, 0.15) is 0 Å². The number of carbonyl (C=O) groups excluding carboxylic acids is 1. The summed E-state index contributed by atoms with van der Waals surface area (Å²) in [6.45, 7) is 3.88. The molecule has 0 aliphatic heterocycles. The molecule has 0 atom stereocenters. The molecule has 0 spiro atoms. The van der Waals surface area contributed by atoms with Crippen LogP contribution in [0.1, 0.15) is 30.6 Å². The smallest absolute Gasteiger partial charge is 0.335 e. The summed E-state index contributed by atoms with van der Waals surface area (Å²) in [5.74, 6) is -0.927. The van der Waals surface area contributed by atoms with Gasteiger partial charge in [0.25, 0.3) is 0 Å². The molecule has 1 aromatic rings. The van der Waals surface area contributed by atoms with Gasteiger partial charge in [-0.2, -0.15) is 0 Å². The lowest BCUT2D eigenvalue weighted by Crippen LogP contribution is -2.14. The number of carboxylic acid groups (broad SMARTS) is 1. The first-order valence-electron chi connectivity index (χ1n) is 5.23. The van der Waals surface area contributed by atoms with Gasteiger partial charge >= 0.3 is 5.97 Å². The topological polar surface area (TPSA) is 66.4 Å². The maximum absolute atomic E-state index is 11.5. The monoisotopic (exact) mass is 255 g/mol. The van der Waals surface area contributed by atoms with E-state index in [2.05, 4.69) is 5.32 Å². The van der Waals surface area contributed by atoms with Gasteiger partial charge in [-0.05, 0) is 24.1 Å². The van der Waals surface area contributed by atoms with Crippen LogP contribution >= 0.6 is 11.6 Å². The minimum absolute atomic E-state index is 0.0943. The zero-order chi connectivity index (χ0) is 13.0. The van der Waals surface area contributed by atoms with Crippen molar-refractivity contribution in [2.75, 3.05) is 5.32 Å². The Kier molecular flexibility index (Phi) is 4.52. The van der Waals surface area contributed by atoms with Crippen LogP contribution in [0.25, 0.3) is 0 Å². The fourth-order valence-corrected chi connectivity index (χ4v) is 1.55. The second-order valence-electron chi connectivity index (χ2n) is 4.15. The number of anilines is 1. The molecule has 0 bridgehead atoms. The van der Waals surface area contributed by atoms with Crippen molar-refractivity contribution in [3.8, 4) is 0 Å². The summed E-state index contributed by atoms with van der Waals surface area (Å²) in [7, 11) is 0. The number of amides is 1. The van der Waals surface area contributed by atoms with Gasteiger partial charge in [-0.25, -0.2) is 4.79 Å². The Morgan fingerprint density at radius 2 is 2.06 bits per heavy atom. The third-order valence-corrected chi connectivity index (χ3v) is 2.40. The second kappa shape index (κ2) is 5.68. The van der Waals surface area contributed by atoms with E-state index < -0.39 is 5.97 Å². The standard InChI is InChI=1S/C12H14ClNO3/c1-7(2)5-11(15)14-10-4-3-8(12(16)17)6-9(10)13/h3-4,6-7H,5H2,1-2H3,(H,14,15)(H,16,17). The van der Waals surface area contributed by atoms with E-state index in [0.717, 1.165) is 0 Å². The van der Waals surface area contributed by atoms with Crippen LogP contribution in [0.3, 0.4) is 0 Å². The van der Waals surface area contributed by atoms with E-state index in [1.165, 1.54) is 18.2 Å². The van der Waals surface area contributed by atoms with Gasteiger partial charge < -0.3 is 10.4 Å². The predicted molar refractivity (Wildman–Crippen MR) is 66.5 cm³/mol. The fourth-order valence-electron chi connectivity index (χ4n) is 1.32. The Balaban J connectivity index is 2.79. The summed E-state index contributed by atoms with van der Waals surface area (Å²) in [5.41, 5.74) is 0.527. The van der Waals surface area contributed by atoms with E-state index in [4.69, 9.17) is 16.7 Å². The lowest BCUT2D eigenvalue weighted by Gasteiger charge is -2.09. The molecule has 0 fully saturated rings. The highest BCUT2D eigenvalue weighted by atomic mass is 35.5. The van der Waals surface area contributed by atoms with Crippen LogP contribution in [0.5, 0.6) is 0 Å². The molecule has 2 N–H and O–H groups in total. The zero-order valence-corrected chi connectivity index (χ0v) is 10.4. The molecular weight excluding hydrogens is 242 g/mol. The third kappa shape index (κ3) is 4.07. The molecule has 17 heavy (non-hydrogen) atoms. The molecule has 0 aliphatic rings. The quantitative estimate of drug-likeness (QED) is 0.869. The van der Waals surface area contributed by atoms with Crippen LogP contribution in [0, 0.1) is 5.92 Å². The number of hydrogen-bond donors (Lipinski definition) is 2. The van der Waals surface area contributed by atoms with E-state index in [1.54, 1.807) is 0 Å². The summed E-state index contributed by atoms with van der Waals surface area (Å²) in [6.07, 6.45) is 0.400. The zero-order valence-electron chi connectivity index (χ0n) is 9.66. The molecule has 1 rings (SSSR count). The summed E-state index contributed by atoms with van der Waals surface area (Å²) in [4.78, 5) is 22.2. The van der Waals surface area contributed by atoms with Gasteiger partial charge in [0.2, 0.25) is 5.91 Å². The van der Waals surface area contributed by atoms with Gasteiger partial charge in [0.15, 0.2) is 0 Å². The molecule has 0 heterocycles. The lowest BCUT2D eigenvalue weighted by atomic mass is 10.1. The van der Waals surface area contributed by atoms with Crippen LogP contribution in [0.4, 0.5) is 5.69 Å². The number of hydrogen-bond acceptors (Lipinski definition) is 2. The number of carboxylic acids is 1. The fraction of sp³-hybridized carbons (Fsp3) is 0.333. The average molecular weight is 256 g/mol. The second-order valence-corrected chi connectivity index (χ2v) is 4.55. The number of rotatable bonds is 4. The Bertz CT molecular complexity index is 443. The molecule has 4 nitrogen and oxygen atoms in total. The van der Waals surface area contributed by atoms with E-state index in [9.17, 15) is 9.59 Å². The molecule has 0 saturated heterocycles. The van der Waals surface area contributed by atoms with Crippen LogP contribution in [0.2, 0.25) is 5.02 Å². The van der Waals surface area contributed by atoms with Gasteiger partial charge in [0, 0.05) is 6.42 Å². The first-order chi connectivity index (χ1) is 7.90. The van der Waals surface area contributed by atoms with Crippen molar-refractivity contribution in [2.45, 2.75) is 20.3 Å². The van der Waals surface area contributed by atoms with Gasteiger partial charge in [0.05, 0.1) is 16.3 Å². The average Bonchev–Trinajstić information content (AvgIpc) is 2.19. The Labute approximate surface area is 105 Å². The molecule has 0 aromatic heterocycles. The van der Waals surface area contributed by atoms with Crippen LogP contribution in [-0.4, -0.2) is 17.0 Å². The molecule has 5 heteroatoms. The van der Waals surface area contributed by atoms with Crippen molar-refractivity contribution < 1.29 is 14.7 Å². The van der Waals surface area contributed by atoms with Gasteiger partial charge in [-0.1, -0.05) is 25.4 Å². The largest absolute Gasteiger partial charge is 0.478 e. The number of carbonyl (C=O) groups is 2. The molecule has 0 radical (unpaired) electrons. The van der Waals surface area contributed by atoms with Crippen molar-refractivity contribution in [1.82, 2.24) is 0 Å². The number of halogens is 1. The highest BCUT2D eigenvalue weighted by Gasteiger charge is 2.10. The summed E-state index contributed by atoms with van der Waals surface area (Å²) in [6, 6.07) is 4.21. The normalized spacial score (nSPS) is 10.4. The Morgan fingerprint density at radius 3 is 2.53 bits per heavy atom. The maximum atomic E-state index is 11.5. The highest BCUT2D eigenvalue weighted by Crippen LogP contribution is 2.23. The van der Waals surface area contributed by atoms with E-state index >= 15 is 0 Å². The molecule has 92 valence electrons. The van der Waals surface area contributed by atoms with E-state index in [-0.39, 0.29) is 22.4 Å². The molecule has 0 saturated carbocycles. The SMILES string of the molecule is CC(C)CC(=O)Nc1ccc(C(=O)O)cc1Cl. The van der Waals surface area contributed by atoms with Crippen molar-refractivity contribution in [1.29, 1.82) is 0 Å². The molecule has 1 aromatic carbocycles. The third-order valence-electron chi connectivity index (χ3n) is 2.08. The van der Waals surface area contributed by atoms with Crippen LogP contribution in [0.15, 0.2) is 18.2 Å². The summed E-state index contributed by atoms with van der Waals surface area (Å²) < 4.78 is 0. The molecule has 0 aliphatic carbocycles. The molecular formula is C12H14ClNO3. The first kappa shape index (κ1) is 13.5. The van der Waals surface area contributed by atoms with Crippen LogP contribution in [-0.2, 0) is 4.79 Å². The van der Waals surface area contributed by atoms with Gasteiger partial charge in [-0.3, -0.25) is 4.79 Å². The number of benzene rings is 1. The highest BCUT2D eigenvalue weighted by molar-refractivity contribution is 6.34. The van der Waals surface area contributed by atoms with Crippen molar-refractivity contribution >= 4 is 29.2 Å². The summed E-state index contributed by atoms with van der Waals surface area (Å²) >= 11 is 5.88. The first-order valence-corrected chi connectivity index (χ1v) is 5.60. The van der Waals surface area contributed by atoms with E-state index in [1.807, 2.05) is 13.8 Å². The molecule has 0 unspecified atom stereocenters.